The van der Waals surface area contributed by atoms with Gasteiger partial charge in [0.05, 0.1) is 5.69 Å². The molecule has 2 N–H and O–H groups in total. The molecule has 2 aliphatic carbocycles. The molecule has 36 heavy (non-hydrogen) atoms. The minimum absolute atomic E-state index is 0.00501. The minimum atomic E-state index is -0.0551. The van der Waals surface area contributed by atoms with Gasteiger partial charge in [0.2, 0.25) is 5.91 Å². The van der Waals surface area contributed by atoms with Crippen LogP contribution in [0.4, 0.5) is 5.69 Å². The normalized spacial score (nSPS) is 20.4. The zero-order valence-corrected chi connectivity index (χ0v) is 21.9. The Morgan fingerprint density at radius 2 is 2.00 bits per heavy atom. The third kappa shape index (κ3) is 5.68. The van der Waals surface area contributed by atoms with Crippen molar-refractivity contribution in [3.8, 4) is 0 Å². The van der Waals surface area contributed by atoms with Crippen molar-refractivity contribution in [3.05, 3.63) is 52.2 Å². The molecular weight excluding hydrogens is 452 g/mol. The number of H-pyrrole nitrogens is 1. The molecule has 0 saturated heterocycles. The van der Waals surface area contributed by atoms with Crippen molar-refractivity contribution >= 4 is 11.6 Å². The van der Waals surface area contributed by atoms with Gasteiger partial charge in [0.1, 0.15) is 11.6 Å². The average molecular weight is 491 g/mol. The first-order valence-electron chi connectivity index (χ1n) is 13.5. The monoisotopic (exact) mass is 490 g/mol. The van der Waals surface area contributed by atoms with Crippen LogP contribution in [0.15, 0.2) is 22.7 Å². The average Bonchev–Trinajstić information content (AvgIpc) is 3.33. The molecule has 8 heteroatoms. The second kappa shape index (κ2) is 10.5. The summed E-state index contributed by atoms with van der Waals surface area (Å²) in [5, 5.41) is 22.1. The number of tetrazole rings is 1. The van der Waals surface area contributed by atoms with Gasteiger partial charge in [-0.15, -0.1) is 5.10 Å². The molecule has 2 fully saturated rings. The molecule has 8 nitrogen and oxygen atoms in total. The van der Waals surface area contributed by atoms with Crippen molar-refractivity contribution in [1.29, 1.82) is 0 Å². The highest BCUT2D eigenvalue weighted by Gasteiger charge is 2.41. The van der Waals surface area contributed by atoms with E-state index in [4.69, 9.17) is 4.52 Å². The van der Waals surface area contributed by atoms with Crippen molar-refractivity contribution in [1.82, 2.24) is 25.8 Å². The number of anilines is 1. The van der Waals surface area contributed by atoms with E-state index in [0.29, 0.717) is 24.7 Å². The van der Waals surface area contributed by atoms with Crippen molar-refractivity contribution in [2.24, 2.45) is 11.8 Å². The van der Waals surface area contributed by atoms with Gasteiger partial charge in [-0.3, -0.25) is 4.79 Å². The van der Waals surface area contributed by atoms with E-state index in [-0.39, 0.29) is 11.8 Å². The van der Waals surface area contributed by atoms with E-state index >= 15 is 0 Å². The van der Waals surface area contributed by atoms with Gasteiger partial charge in [0.15, 0.2) is 0 Å². The number of aromatic nitrogens is 5. The highest BCUT2D eigenvalue weighted by Crippen LogP contribution is 2.52. The standard InChI is InChI=1S/C28H38N6O2/c1-16(2)11-19-13-22(14-19)28-26(20-6-7-20)27(32-36-28)21(8-10-24-30-33-34-31-24)15-25(35)29-23-9-5-17(3)12-18(23)4/h5,9,12,16,19-22H,6-8,10-11,13-15H2,1-4H3,(H,29,35)(H,30,31,33,34)/t19-,21-,22+/m0/s1. The summed E-state index contributed by atoms with van der Waals surface area (Å²) in [5.74, 6) is 4.25. The summed E-state index contributed by atoms with van der Waals surface area (Å²) in [6.45, 7) is 8.68. The first-order chi connectivity index (χ1) is 17.4. The molecule has 0 unspecified atom stereocenters. The second-order valence-corrected chi connectivity index (χ2v) is 11.4. The number of rotatable bonds is 11. The number of benzene rings is 1. The fourth-order valence-electron chi connectivity index (χ4n) is 5.81. The van der Waals surface area contributed by atoms with Crippen LogP contribution in [-0.4, -0.2) is 31.7 Å². The van der Waals surface area contributed by atoms with E-state index in [1.165, 1.54) is 43.2 Å². The van der Waals surface area contributed by atoms with Crippen LogP contribution in [0.25, 0.3) is 0 Å². The molecule has 2 aromatic heterocycles. The summed E-state index contributed by atoms with van der Waals surface area (Å²) in [6.07, 6.45) is 7.74. The molecule has 2 heterocycles. The summed E-state index contributed by atoms with van der Waals surface area (Å²) < 4.78 is 6.07. The highest BCUT2D eigenvalue weighted by molar-refractivity contribution is 5.92. The van der Waals surface area contributed by atoms with E-state index in [2.05, 4.69) is 57.9 Å². The molecule has 2 saturated carbocycles. The quantitative estimate of drug-likeness (QED) is 0.343. The van der Waals surface area contributed by atoms with Crippen LogP contribution in [0.2, 0.25) is 0 Å². The highest BCUT2D eigenvalue weighted by atomic mass is 16.5. The van der Waals surface area contributed by atoms with E-state index in [9.17, 15) is 4.79 Å². The predicted molar refractivity (Wildman–Crippen MR) is 138 cm³/mol. The van der Waals surface area contributed by atoms with Crippen molar-refractivity contribution < 1.29 is 9.32 Å². The van der Waals surface area contributed by atoms with E-state index in [1.807, 2.05) is 19.1 Å². The van der Waals surface area contributed by atoms with Crippen molar-refractivity contribution in [2.45, 2.75) is 96.8 Å². The number of hydrogen-bond donors (Lipinski definition) is 2. The smallest absolute Gasteiger partial charge is 0.225 e. The largest absolute Gasteiger partial charge is 0.361 e. The molecule has 0 spiro atoms. The van der Waals surface area contributed by atoms with Crippen LogP contribution in [0.5, 0.6) is 0 Å². The van der Waals surface area contributed by atoms with Crippen LogP contribution in [0, 0.1) is 25.7 Å². The molecule has 1 atom stereocenters. The number of aryl methyl sites for hydroxylation is 3. The zero-order valence-electron chi connectivity index (χ0n) is 21.9. The van der Waals surface area contributed by atoms with Crippen molar-refractivity contribution in [2.75, 3.05) is 5.32 Å². The molecule has 0 radical (unpaired) electrons. The number of amides is 1. The zero-order chi connectivity index (χ0) is 25.2. The molecule has 1 amide bonds. The molecule has 0 aliphatic heterocycles. The summed E-state index contributed by atoms with van der Waals surface area (Å²) in [7, 11) is 0. The van der Waals surface area contributed by atoms with Gasteiger partial charge in [-0.1, -0.05) is 36.7 Å². The van der Waals surface area contributed by atoms with E-state index in [0.717, 1.165) is 46.8 Å². The Hall–Kier alpha value is -3.03. The van der Waals surface area contributed by atoms with Crippen LogP contribution in [0.1, 0.15) is 111 Å². The Morgan fingerprint density at radius 3 is 2.67 bits per heavy atom. The van der Waals surface area contributed by atoms with Gasteiger partial charge in [0.25, 0.3) is 0 Å². The summed E-state index contributed by atoms with van der Waals surface area (Å²) in [5.41, 5.74) is 5.37. The molecule has 192 valence electrons. The number of nitrogens with one attached hydrogen (secondary N) is 2. The van der Waals surface area contributed by atoms with Gasteiger partial charge in [0, 0.05) is 35.9 Å². The SMILES string of the molecule is Cc1ccc(NC(=O)C[C@H](CCc2nnn[nH]2)c2noc([C@H]3C[C@@H](CC(C)C)C3)c2C2CC2)c(C)c1. The molecular formula is C28H38N6O2. The Balaban J connectivity index is 1.35. The second-order valence-electron chi connectivity index (χ2n) is 11.4. The van der Waals surface area contributed by atoms with Crippen molar-refractivity contribution in [3.63, 3.8) is 0 Å². The Morgan fingerprint density at radius 1 is 1.19 bits per heavy atom. The topological polar surface area (TPSA) is 110 Å². The lowest BCUT2D eigenvalue weighted by molar-refractivity contribution is -0.116. The third-order valence-corrected chi connectivity index (χ3v) is 7.77. The first-order valence-corrected chi connectivity index (χ1v) is 13.5. The van der Waals surface area contributed by atoms with Crippen LogP contribution >= 0.6 is 0 Å². The van der Waals surface area contributed by atoms with Gasteiger partial charge in [-0.25, -0.2) is 5.10 Å². The number of aromatic amines is 1. The number of carbonyl (C=O) groups is 1. The Labute approximate surface area is 213 Å². The summed E-state index contributed by atoms with van der Waals surface area (Å²) in [6, 6.07) is 6.09. The molecule has 3 aromatic rings. The Bertz CT molecular complexity index is 1170. The van der Waals surface area contributed by atoms with Gasteiger partial charge >= 0.3 is 0 Å². The minimum Gasteiger partial charge on any atom is -0.361 e. The fourth-order valence-corrected chi connectivity index (χ4v) is 5.81. The number of hydrogen-bond acceptors (Lipinski definition) is 6. The maximum absolute atomic E-state index is 13.2. The lowest BCUT2D eigenvalue weighted by atomic mass is 9.69. The maximum Gasteiger partial charge on any atom is 0.225 e. The molecule has 1 aromatic carbocycles. The van der Waals surface area contributed by atoms with E-state index < -0.39 is 0 Å². The van der Waals surface area contributed by atoms with Gasteiger partial charge in [-0.05, 0) is 92.2 Å². The van der Waals surface area contributed by atoms with Gasteiger partial charge < -0.3 is 9.84 Å². The summed E-state index contributed by atoms with van der Waals surface area (Å²) in [4.78, 5) is 13.2. The van der Waals surface area contributed by atoms with Crippen LogP contribution in [-0.2, 0) is 11.2 Å². The Kier molecular flexibility index (Phi) is 7.21. The summed E-state index contributed by atoms with van der Waals surface area (Å²) >= 11 is 0. The lowest BCUT2D eigenvalue weighted by Gasteiger charge is -2.35. The molecule has 5 rings (SSSR count). The van der Waals surface area contributed by atoms with Crippen LogP contribution in [0.3, 0.4) is 0 Å². The van der Waals surface area contributed by atoms with Gasteiger partial charge in [-0.2, -0.15) is 0 Å². The van der Waals surface area contributed by atoms with Crippen LogP contribution < -0.4 is 5.32 Å². The third-order valence-electron chi connectivity index (χ3n) is 7.77. The number of carbonyl (C=O) groups excluding carboxylic acids is 1. The fraction of sp³-hybridized carbons (Fsp3) is 0.607. The number of nitrogens with zero attached hydrogens (tertiary/aromatic N) is 4. The predicted octanol–water partition coefficient (Wildman–Crippen LogP) is 5.97. The first kappa shape index (κ1) is 24.7. The maximum atomic E-state index is 13.2. The molecule has 2 aliphatic rings. The van der Waals surface area contributed by atoms with E-state index in [1.54, 1.807) is 0 Å². The lowest BCUT2D eigenvalue weighted by Crippen LogP contribution is -2.24. The molecule has 0 bridgehead atoms.